The molecule has 0 aliphatic heterocycles. The van der Waals surface area contributed by atoms with Crippen molar-refractivity contribution in [3.8, 4) is 0 Å². The average molecular weight is 255 g/mol. The van der Waals surface area contributed by atoms with Gasteiger partial charge in [0.2, 0.25) is 5.95 Å². The van der Waals surface area contributed by atoms with Crippen molar-refractivity contribution in [3.63, 3.8) is 0 Å². The number of aryl methyl sites for hydroxylation is 1. The van der Waals surface area contributed by atoms with E-state index < -0.39 is 0 Å². The minimum atomic E-state index is 0.471. The van der Waals surface area contributed by atoms with Gasteiger partial charge in [-0.2, -0.15) is 10.1 Å². The molecule has 1 aromatic heterocycles. The van der Waals surface area contributed by atoms with Crippen molar-refractivity contribution in [1.29, 1.82) is 0 Å². The van der Waals surface area contributed by atoms with Crippen LogP contribution in [0.15, 0.2) is 43.1 Å². The van der Waals surface area contributed by atoms with E-state index in [4.69, 9.17) is 0 Å². The van der Waals surface area contributed by atoms with Crippen molar-refractivity contribution in [1.82, 2.24) is 15.2 Å². The summed E-state index contributed by atoms with van der Waals surface area (Å²) in [4.78, 5) is 4.30. The van der Waals surface area contributed by atoms with Crippen LogP contribution in [0.1, 0.15) is 12.5 Å². The first-order chi connectivity index (χ1) is 9.31. The fraction of sp³-hybridized carbons (Fsp3) is 0.214. The lowest BCUT2D eigenvalue weighted by Gasteiger charge is -2.06. The monoisotopic (exact) mass is 255 g/mol. The Kier molecular flexibility index (Phi) is 4.44. The first-order valence-corrected chi connectivity index (χ1v) is 6.22. The van der Waals surface area contributed by atoms with Crippen molar-refractivity contribution in [3.05, 3.63) is 48.7 Å². The first kappa shape index (κ1) is 13.0. The second-order valence-corrected chi connectivity index (χ2v) is 4.01. The van der Waals surface area contributed by atoms with Gasteiger partial charge in [-0.3, -0.25) is 0 Å². The van der Waals surface area contributed by atoms with Crippen LogP contribution in [0.3, 0.4) is 0 Å². The van der Waals surface area contributed by atoms with Crippen molar-refractivity contribution in [2.75, 3.05) is 17.2 Å². The first-order valence-electron chi connectivity index (χ1n) is 6.22. The van der Waals surface area contributed by atoms with Crippen molar-refractivity contribution in [2.45, 2.75) is 13.3 Å². The molecule has 2 N–H and O–H groups in total. The molecule has 0 aliphatic rings. The highest BCUT2D eigenvalue weighted by atomic mass is 15.3. The van der Waals surface area contributed by atoms with Crippen LogP contribution in [0.4, 0.5) is 17.5 Å². The second kappa shape index (κ2) is 6.49. The van der Waals surface area contributed by atoms with E-state index in [-0.39, 0.29) is 0 Å². The lowest BCUT2D eigenvalue weighted by molar-refractivity contribution is 0.975. The number of rotatable bonds is 6. The zero-order chi connectivity index (χ0) is 13.5. The summed E-state index contributed by atoms with van der Waals surface area (Å²) < 4.78 is 0. The summed E-state index contributed by atoms with van der Waals surface area (Å²) in [7, 11) is 0. The second-order valence-electron chi connectivity index (χ2n) is 4.01. The molecule has 0 unspecified atom stereocenters. The maximum Gasteiger partial charge on any atom is 0.249 e. The minimum Gasteiger partial charge on any atom is -0.365 e. The summed E-state index contributed by atoms with van der Waals surface area (Å²) in [5.74, 6) is 1.14. The van der Waals surface area contributed by atoms with Gasteiger partial charge in [0.1, 0.15) is 0 Å². The van der Waals surface area contributed by atoms with Crippen LogP contribution < -0.4 is 10.6 Å². The fourth-order valence-electron chi connectivity index (χ4n) is 1.57. The molecule has 0 amide bonds. The largest absolute Gasteiger partial charge is 0.365 e. The van der Waals surface area contributed by atoms with Gasteiger partial charge in [-0.05, 0) is 24.1 Å². The van der Waals surface area contributed by atoms with E-state index in [1.807, 2.05) is 12.1 Å². The quantitative estimate of drug-likeness (QED) is 0.777. The summed E-state index contributed by atoms with van der Waals surface area (Å²) in [6.45, 7) is 6.41. The number of hydrogen-bond acceptors (Lipinski definition) is 5. The summed E-state index contributed by atoms with van der Waals surface area (Å²) in [6, 6.07) is 8.17. The van der Waals surface area contributed by atoms with Crippen molar-refractivity contribution < 1.29 is 0 Å². The third kappa shape index (κ3) is 3.77. The van der Waals surface area contributed by atoms with Crippen LogP contribution in [-0.4, -0.2) is 21.7 Å². The Labute approximate surface area is 112 Å². The molecule has 0 fully saturated rings. The fourth-order valence-corrected chi connectivity index (χ4v) is 1.57. The molecule has 0 atom stereocenters. The van der Waals surface area contributed by atoms with Crippen LogP contribution in [0, 0.1) is 0 Å². The van der Waals surface area contributed by atoms with E-state index in [0.717, 1.165) is 12.1 Å². The van der Waals surface area contributed by atoms with Gasteiger partial charge in [0.05, 0.1) is 6.20 Å². The van der Waals surface area contributed by atoms with Crippen molar-refractivity contribution in [2.24, 2.45) is 0 Å². The number of nitrogens with one attached hydrogen (secondary N) is 2. The van der Waals surface area contributed by atoms with E-state index in [1.165, 1.54) is 5.56 Å². The molecule has 0 radical (unpaired) electrons. The normalized spacial score (nSPS) is 9.95. The van der Waals surface area contributed by atoms with Crippen LogP contribution in [0.2, 0.25) is 0 Å². The SMILES string of the molecule is C=CCNc1cnnc(Nc2ccc(CC)cc2)n1. The summed E-state index contributed by atoms with van der Waals surface area (Å²) >= 11 is 0. The highest BCUT2D eigenvalue weighted by Crippen LogP contribution is 2.14. The molecule has 19 heavy (non-hydrogen) atoms. The van der Waals surface area contributed by atoms with E-state index >= 15 is 0 Å². The third-order valence-corrected chi connectivity index (χ3v) is 2.60. The zero-order valence-electron chi connectivity index (χ0n) is 10.9. The predicted octanol–water partition coefficient (Wildman–Crippen LogP) is 2.78. The highest BCUT2D eigenvalue weighted by molar-refractivity contribution is 5.54. The molecular formula is C14H17N5. The van der Waals surface area contributed by atoms with Gasteiger partial charge >= 0.3 is 0 Å². The van der Waals surface area contributed by atoms with Gasteiger partial charge in [0, 0.05) is 12.2 Å². The standard InChI is InChI=1S/C14H17N5/c1-3-9-15-13-10-16-19-14(18-13)17-12-7-5-11(4-2)6-8-12/h3,5-8,10H,1,4,9H2,2H3,(H2,15,17,18,19). The lowest BCUT2D eigenvalue weighted by atomic mass is 10.1. The van der Waals surface area contributed by atoms with Gasteiger partial charge in [0.25, 0.3) is 0 Å². The number of anilines is 3. The molecule has 0 aliphatic carbocycles. The molecule has 5 nitrogen and oxygen atoms in total. The molecular weight excluding hydrogens is 238 g/mol. The van der Waals surface area contributed by atoms with E-state index in [1.54, 1.807) is 12.3 Å². The van der Waals surface area contributed by atoms with Crippen molar-refractivity contribution >= 4 is 17.5 Å². The van der Waals surface area contributed by atoms with Gasteiger partial charge < -0.3 is 10.6 Å². The van der Waals surface area contributed by atoms with E-state index in [0.29, 0.717) is 18.3 Å². The Morgan fingerprint density at radius 2 is 2.05 bits per heavy atom. The Morgan fingerprint density at radius 3 is 2.74 bits per heavy atom. The van der Waals surface area contributed by atoms with E-state index in [2.05, 4.69) is 51.5 Å². The van der Waals surface area contributed by atoms with E-state index in [9.17, 15) is 0 Å². The van der Waals surface area contributed by atoms with Crippen LogP contribution in [0.5, 0.6) is 0 Å². The predicted molar refractivity (Wildman–Crippen MR) is 77.6 cm³/mol. The van der Waals surface area contributed by atoms with Gasteiger partial charge in [-0.15, -0.1) is 11.7 Å². The number of nitrogens with zero attached hydrogens (tertiary/aromatic N) is 3. The molecule has 5 heteroatoms. The number of hydrogen-bond donors (Lipinski definition) is 2. The van der Waals surface area contributed by atoms with Crippen LogP contribution >= 0.6 is 0 Å². The smallest absolute Gasteiger partial charge is 0.249 e. The summed E-state index contributed by atoms with van der Waals surface area (Å²) in [5.41, 5.74) is 2.24. The molecule has 1 aromatic carbocycles. The Morgan fingerprint density at radius 1 is 1.26 bits per heavy atom. The molecule has 0 spiro atoms. The molecule has 0 saturated heterocycles. The van der Waals surface area contributed by atoms with Gasteiger partial charge in [-0.25, -0.2) is 0 Å². The molecule has 0 bridgehead atoms. The highest BCUT2D eigenvalue weighted by Gasteiger charge is 2.00. The van der Waals surface area contributed by atoms with Crippen LogP contribution in [-0.2, 0) is 6.42 Å². The zero-order valence-corrected chi connectivity index (χ0v) is 10.9. The number of benzene rings is 1. The summed E-state index contributed by atoms with van der Waals surface area (Å²) in [6.07, 6.45) is 4.37. The molecule has 0 saturated carbocycles. The van der Waals surface area contributed by atoms with Gasteiger partial charge in [-0.1, -0.05) is 25.1 Å². The Bertz CT molecular complexity index is 536. The van der Waals surface area contributed by atoms with Gasteiger partial charge in [0.15, 0.2) is 5.82 Å². The third-order valence-electron chi connectivity index (χ3n) is 2.60. The Hall–Kier alpha value is -2.43. The van der Waals surface area contributed by atoms with Crippen LogP contribution in [0.25, 0.3) is 0 Å². The molecule has 1 heterocycles. The topological polar surface area (TPSA) is 62.7 Å². The number of aromatic nitrogens is 3. The Balaban J connectivity index is 2.06. The maximum atomic E-state index is 4.30. The molecule has 2 rings (SSSR count). The molecule has 98 valence electrons. The average Bonchev–Trinajstić information content (AvgIpc) is 2.46. The summed E-state index contributed by atoms with van der Waals surface area (Å²) in [5, 5.41) is 14.0. The minimum absolute atomic E-state index is 0.471. The maximum absolute atomic E-state index is 4.30. The lowest BCUT2D eigenvalue weighted by Crippen LogP contribution is -2.05. The molecule has 2 aromatic rings.